The van der Waals surface area contributed by atoms with Crippen molar-refractivity contribution in [3.05, 3.63) is 52.8 Å². The molecular weight excluding hydrogens is 417 g/mol. The molecule has 0 aliphatic heterocycles. The molecule has 1 N–H and O–H groups in total. The Morgan fingerprint density at radius 1 is 1.21 bits per heavy atom. The third-order valence-electron chi connectivity index (χ3n) is 3.90. The molecule has 0 radical (unpaired) electrons. The molecule has 2 heterocycles. The lowest BCUT2D eigenvalue weighted by Crippen LogP contribution is -2.26. The molecule has 3 aromatic rings. The molecule has 0 saturated heterocycles. The molecule has 2 aromatic heterocycles. The first-order valence-corrected chi connectivity index (χ1v) is 10.5. The summed E-state index contributed by atoms with van der Waals surface area (Å²) < 4.78 is 1.85. The number of carbonyl (C=O) groups excluding carboxylic acids is 1. The molecule has 0 unspecified atom stereocenters. The number of nitrogens with one attached hydrogen (secondary N) is 1. The lowest BCUT2D eigenvalue weighted by atomic mass is 10.2. The molecule has 1 amide bonds. The molecule has 9 heteroatoms. The van der Waals surface area contributed by atoms with E-state index in [0.717, 1.165) is 24.1 Å². The summed E-state index contributed by atoms with van der Waals surface area (Å²) in [5.74, 6) is 0.821. The van der Waals surface area contributed by atoms with E-state index >= 15 is 0 Å². The first-order valence-electron chi connectivity index (χ1n) is 8.81. The van der Waals surface area contributed by atoms with Crippen LogP contribution in [0.3, 0.4) is 0 Å². The average molecular weight is 436 g/mol. The Morgan fingerprint density at radius 2 is 2.07 bits per heavy atom. The first-order chi connectivity index (χ1) is 13.6. The van der Waals surface area contributed by atoms with E-state index in [4.69, 9.17) is 23.2 Å². The second-order valence-electron chi connectivity index (χ2n) is 5.97. The summed E-state index contributed by atoms with van der Waals surface area (Å²) in [6, 6.07) is 9.04. The van der Waals surface area contributed by atoms with Crippen molar-refractivity contribution in [2.24, 2.45) is 0 Å². The van der Waals surface area contributed by atoms with Crippen molar-refractivity contribution in [1.82, 2.24) is 25.1 Å². The zero-order valence-corrected chi connectivity index (χ0v) is 17.6. The highest BCUT2D eigenvalue weighted by Crippen LogP contribution is 2.31. The van der Waals surface area contributed by atoms with Gasteiger partial charge in [0.25, 0.3) is 0 Å². The highest BCUT2D eigenvalue weighted by molar-refractivity contribution is 7.99. The Balaban J connectivity index is 1.91. The lowest BCUT2D eigenvalue weighted by Gasteiger charge is -2.11. The molecule has 6 nitrogen and oxygen atoms in total. The molecule has 0 aliphatic carbocycles. The van der Waals surface area contributed by atoms with E-state index in [-0.39, 0.29) is 11.7 Å². The van der Waals surface area contributed by atoms with E-state index in [2.05, 4.69) is 27.4 Å². The van der Waals surface area contributed by atoms with Crippen LogP contribution in [0.1, 0.15) is 19.8 Å². The van der Waals surface area contributed by atoms with E-state index in [9.17, 15) is 4.79 Å². The van der Waals surface area contributed by atoms with Crippen LogP contribution in [0.2, 0.25) is 10.0 Å². The second kappa shape index (κ2) is 9.91. The highest BCUT2D eigenvalue weighted by atomic mass is 35.5. The molecule has 0 atom stereocenters. The van der Waals surface area contributed by atoms with Crippen LogP contribution in [-0.4, -0.2) is 38.0 Å². The van der Waals surface area contributed by atoms with Gasteiger partial charge in [0.15, 0.2) is 11.0 Å². The van der Waals surface area contributed by atoms with E-state index in [1.165, 1.54) is 11.8 Å². The third kappa shape index (κ3) is 5.04. The van der Waals surface area contributed by atoms with Crippen LogP contribution in [-0.2, 0) is 4.79 Å². The summed E-state index contributed by atoms with van der Waals surface area (Å²) in [4.78, 5) is 16.2. The van der Waals surface area contributed by atoms with Gasteiger partial charge in [0.05, 0.1) is 21.5 Å². The summed E-state index contributed by atoms with van der Waals surface area (Å²) in [5.41, 5.74) is 1.56. The number of nitrogens with zero attached hydrogens (tertiary/aromatic N) is 4. The van der Waals surface area contributed by atoms with Gasteiger partial charge in [0.2, 0.25) is 5.91 Å². The monoisotopic (exact) mass is 435 g/mol. The lowest BCUT2D eigenvalue weighted by molar-refractivity contribution is -0.118. The maximum absolute atomic E-state index is 12.1. The Labute approximate surface area is 177 Å². The maximum atomic E-state index is 12.1. The molecule has 3 rings (SSSR count). The van der Waals surface area contributed by atoms with Gasteiger partial charge in [-0.1, -0.05) is 48.3 Å². The number of aromatic nitrogens is 4. The van der Waals surface area contributed by atoms with Crippen molar-refractivity contribution in [1.29, 1.82) is 0 Å². The molecule has 0 saturated carbocycles. The van der Waals surface area contributed by atoms with Crippen molar-refractivity contribution in [3.8, 4) is 17.1 Å². The molecule has 1 aromatic carbocycles. The van der Waals surface area contributed by atoms with Gasteiger partial charge in [-0.25, -0.2) is 0 Å². The molecule has 0 aliphatic rings. The van der Waals surface area contributed by atoms with Crippen LogP contribution >= 0.6 is 35.0 Å². The van der Waals surface area contributed by atoms with Gasteiger partial charge in [-0.2, -0.15) is 0 Å². The van der Waals surface area contributed by atoms with E-state index in [1.54, 1.807) is 24.5 Å². The first kappa shape index (κ1) is 20.6. The predicted molar refractivity (Wildman–Crippen MR) is 113 cm³/mol. The van der Waals surface area contributed by atoms with Gasteiger partial charge in [0.1, 0.15) is 0 Å². The summed E-state index contributed by atoms with van der Waals surface area (Å²) in [6.07, 6.45) is 5.40. The Hall–Kier alpha value is -2.09. The van der Waals surface area contributed by atoms with E-state index in [0.29, 0.717) is 27.6 Å². The number of hydrogen-bond acceptors (Lipinski definition) is 5. The number of benzene rings is 1. The van der Waals surface area contributed by atoms with Gasteiger partial charge < -0.3 is 5.32 Å². The number of halogens is 2. The quantitative estimate of drug-likeness (QED) is 0.411. The summed E-state index contributed by atoms with van der Waals surface area (Å²) >= 11 is 13.6. The number of carbonyl (C=O) groups is 1. The summed E-state index contributed by atoms with van der Waals surface area (Å²) in [5, 5.41) is 13.0. The van der Waals surface area contributed by atoms with Crippen molar-refractivity contribution in [3.63, 3.8) is 0 Å². The standard InChI is InChI=1S/C19H19Cl2N5OS/c1-2-3-9-23-17(27)12-28-19-25-24-18(13-5-4-8-22-11-13)26(19)14-6-7-15(20)16(21)10-14/h4-8,10-11H,2-3,9,12H2,1H3,(H,23,27). The number of thioether (sulfide) groups is 1. The number of unbranched alkanes of at least 4 members (excludes halogenated alkanes) is 1. The van der Waals surface area contributed by atoms with Crippen molar-refractivity contribution >= 4 is 40.9 Å². The van der Waals surface area contributed by atoms with Crippen LogP contribution in [0, 0.1) is 0 Å². The second-order valence-corrected chi connectivity index (χ2v) is 7.73. The Bertz CT molecular complexity index is 949. The molecule has 28 heavy (non-hydrogen) atoms. The summed E-state index contributed by atoms with van der Waals surface area (Å²) in [7, 11) is 0. The van der Waals surface area contributed by atoms with Gasteiger partial charge in [0, 0.05) is 24.5 Å². The molecule has 146 valence electrons. The molecule has 0 spiro atoms. The van der Waals surface area contributed by atoms with Crippen molar-refractivity contribution in [2.75, 3.05) is 12.3 Å². The van der Waals surface area contributed by atoms with Crippen LogP contribution in [0.5, 0.6) is 0 Å². The molecule has 0 fully saturated rings. The third-order valence-corrected chi connectivity index (χ3v) is 5.57. The van der Waals surface area contributed by atoms with Gasteiger partial charge in [-0.3, -0.25) is 14.3 Å². The zero-order valence-electron chi connectivity index (χ0n) is 15.2. The largest absolute Gasteiger partial charge is 0.355 e. The van der Waals surface area contributed by atoms with Crippen LogP contribution in [0.4, 0.5) is 0 Å². The Kier molecular flexibility index (Phi) is 7.30. The zero-order chi connectivity index (χ0) is 19.9. The van der Waals surface area contributed by atoms with Crippen LogP contribution in [0.25, 0.3) is 17.1 Å². The van der Waals surface area contributed by atoms with Crippen molar-refractivity contribution in [2.45, 2.75) is 24.9 Å². The molecular formula is C19H19Cl2N5OS. The number of rotatable bonds is 8. The highest BCUT2D eigenvalue weighted by Gasteiger charge is 2.18. The number of hydrogen-bond donors (Lipinski definition) is 1. The minimum absolute atomic E-state index is 0.0370. The minimum Gasteiger partial charge on any atom is -0.355 e. The maximum Gasteiger partial charge on any atom is 0.230 e. The van der Waals surface area contributed by atoms with Gasteiger partial charge in [-0.15, -0.1) is 10.2 Å². The van der Waals surface area contributed by atoms with Crippen molar-refractivity contribution < 1.29 is 4.79 Å². The number of pyridine rings is 1. The summed E-state index contributed by atoms with van der Waals surface area (Å²) in [6.45, 7) is 2.76. The fourth-order valence-corrected chi connectivity index (χ4v) is 3.56. The minimum atomic E-state index is -0.0370. The van der Waals surface area contributed by atoms with E-state index in [1.807, 2.05) is 22.8 Å². The number of amides is 1. The van der Waals surface area contributed by atoms with Crippen LogP contribution < -0.4 is 5.32 Å². The average Bonchev–Trinajstić information content (AvgIpc) is 3.13. The topological polar surface area (TPSA) is 72.7 Å². The molecule has 0 bridgehead atoms. The van der Waals surface area contributed by atoms with E-state index < -0.39 is 0 Å². The smallest absolute Gasteiger partial charge is 0.230 e. The SMILES string of the molecule is CCCCNC(=O)CSc1nnc(-c2cccnc2)n1-c1ccc(Cl)c(Cl)c1. The fourth-order valence-electron chi connectivity index (χ4n) is 2.49. The fraction of sp³-hybridized carbons (Fsp3) is 0.263. The van der Waals surface area contributed by atoms with Gasteiger partial charge >= 0.3 is 0 Å². The predicted octanol–water partition coefficient (Wildman–Crippen LogP) is 4.64. The van der Waals surface area contributed by atoms with Gasteiger partial charge in [-0.05, 0) is 36.8 Å². The normalized spacial score (nSPS) is 10.8. The Morgan fingerprint density at radius 3 is 2.79 bits per heavy atom. The van der Waals surface area contributed by atoms with Crippen LogP contribution in [0.15, 0.2) is 47.9 Å².